The second kappa shape index (κ2) is 5.22. The first-order valence-electron chi connectivity index (χ1n) is 5.63. The minimum absolute atomic E-state index is 0.541. The van der Waals surface area contributed by atoms with Gasteiger partial charge in [-0.1, -0.05) is 0 Å². The lowest BCUT2D eigenvalue weighted by Gasteiger charge is -2.35. The summed E-state index contributed by atoms with van der Waals surface area (Å²) in [7, 11) is -3.06. The molecule has 0 bridgehead atoms. The number of benzene rings is 1. The topological polar surface area (TPSA) is 66.6 Å². The molecule has 2 rings (SSSR count). The number of anilines is 2. The number of nitrogens with zero attached hydrogens (tertiary/aromatic N) is 2. The maximum absolute atomic E-state index is 11.4. The molecule has 2 N–H and O–H groups in total. The van der Waals surface area contributed by atoms with Gasteiger partial charge in [-0.25, -0.2) is 8.42 Å². The molecule has 100 valence electrons. The summed E-state index contributed by atoms with van der Waals surface area (Å²) in [6, 6.07) is 5.80. The highest BCUT2D eigenvalue weighted by Gasteiger charge is 2.24. The van der Waals surface area contributed by atoms with E-state index in [9.17, 15) is 8.42 Å². The molecule has 1 aromatic rings. The van der Waals surface area contributed by atoms with E-state index in [0.29, 0.717) is 26.2 Å². The molecule has 0 saturated carbocycles. The highest BCUT2D eigenvalue weighted by atomic mass is 127. The van der Waals surface area contributed by atoms with Crippen molar-refractivity contribution in [3.8, 4) is 0 Å². The lowest BCUT2D eigenvalue weighted by atomic mass is 10.2. The predicted molar refractivity (Wildman–Crippen MR) is 82.2 cm³/mol. The number of sulfonamides is 1. The summed E-state index contributed by atoms with van der Waals surface area (Å²) in [6.07, 6.45) is 1.26. The van der Waals surface area contributed by atoms with Crippen LogP contribution in [0.3, 0.4) is 0 Å². The van der Waals surface area contributed by atoms with Gasteiger partial charge in [0.15, 0.2) is 0 Å². The van der Waals surface area contributed by atoms with Crippen LogP contribution < -0.4 is 10.6 Å². The van der Waals surface area contributed by atoms with Gasteiger partial charge >= 0.3 is 0 Å². The van der Waals surface area contributed by atoms with Crippen LogP contribution in [-0.4, -0.2) is 45.2 Å². The van der Waals surface area contributed by atoms with Crippen LogP contribution in [-0.2, 0) is 10.0 Å². The SMILES string of the molecule is CS(=O)(=O)N1CCN(c2ccc(N)cc2I)CC1. The molecular weight excluding hydrogens is 365 g/mol. The molecule has 5 nitrogen and oxygen atoms in total. The maximum Gasteiger partial charge on any atom is 0.211 e. The highest BCUT2D eigenvalue weighted by molar-refractivity contribution is 14.1. The van der Waals surface area contributed by atoms with E-state index in [4.69, 9.17) is 5.73 Å². The molecule has 0 spiro atoms. The third kappa shape index (κ3) is 3.07. The van der Waals surface area contributed by atoms with Crippen molar-refractivity contribution in [3.63, 3.8) is 0 Å². The lowest BCUT2D eigenvalue weighted by molar-refractivity contribution is 0.388. The van der Waals surface area contributed by atoms with Gasteiger partial charge in [-0.05, 0) is 40.8 Å². The zero-order valence-electron chi connectivity index (χ0n) is 10.1. The van der Waals surface area contributed by atoms with Crippen LogP contribution >= 0.6 is 22.6 Å². The molecule has 1 fully saturated rings. The smallest absolute Gasteiger partial charge is 0.211 e. The Bertz CT molecular complexity index is 539. The quantitative estimate of drug-likeness (QED) is 0.612. The second-order valence-corrected chi connectivity index (χ2v) is 7.50. The molecule has 0 atom stereocenters. The third-order valence-corrected chi connectivity index (χ3v) is 5.19. The van der Waals surface area contributed by atoms with E-state index in [1.54, 1.807) is 0 Å². The first-order valence-corrected chi connectivity index (χ1v) is 8.56. The molecule has 0 amide bonds. The zero-order chi connectivity index (χ0) is 13.3. The number of nitrogen functional groups attached to an aromatic ring is 1. The molecule has 0 aromatic heterocycles. The van der Waals surface area contributed by atoms with Crippen LogP contribution in [0.15, 0.2) is 18.2 Å². The number of piperazine rings is 1. The first-order chi connectivity index (χ1) is 8.38. The molecular formula is C11H16IN3O2S. The Morgan fingerprint density at radius 1 is 1.22 bits per heavy atom. The van der Waals surface area contributed by atoms with E-state index in [0.717, 1.165) is 14.9 Å². The van der Waals surface area contributed by atoms with Crippen molar-refractivity contribution < 1.29 is 8.42 Å². The fraction of sp³-hybridized carbons (Fsp3) is 0.455. The highest BCUT2D eigenvalue weighted by Crippen LogP contribution is 2.25. The normalized spacial score (nSPS) is 18.0. The number of halogens is 1. The van der Waals surface area contributed by atoms with Crippen LogP contribution in [0.5, 0.6) is 0 Å². The molecule has 1 aromatic carbocycles. The van der Waals surface area contributed by atoms with Crippen molar-refractivity contribution in [2.45, 2.75) is 0 Å². The van der Waals surface area contributed by atoms with E-state index in [1.165, 1.54) is 10.6 Å². The lowest BCUT2D eigenvalue weighted by Crippen LogP contribution is -2.48. The molecule has 0 aliphatic carbocycles. The average Bonchev–Trinajstić information content (AvgIpc) is 2.28. The van der Waals surface area contributed by atoms with Crippen molar-refractivity contribution >= 4 is 44.0 Å². The van der Waals surface area contributed by atoms with E-state index in [1.807, 2.05) is 18.2 Å². The molecule has 1 heterocycles. The number of nitrogens with two attached hydrogens (primary N) is 1. The van der Waals surface area contributed by atoms with Crippen LogP contribution in [0.1, 0.15) is 0 Å². The summed E-state index contributed by atoms with van der Waals surface area (Å²) in [5.74, 6) is 0. The van der Waals surface area contributed by atoms with Crippen molar-refractivity contribution in [3.05, 3.63) is 21.8 Å². The average molecular weight is 381 g/mol. The van der Waals surface area contributed by atoms with Gasteiger partial charge in [0.1, 0.15) is 0 Å². The van der Waals surface area contributed by atoms with Gasteiger partial charge in [0.05, 0.1) is 11.9 Å². The van der Waals surface area contributed by atoms with E-state index in [2.05, 4.69) is 27.5 Å². The van der Waals surface area contributed by atoms with E-state index >= 15 is 0 Å². The Hall–Kier alpha value is -0.540. The Kier molecular flexibility index (Phi) is 4.02. The van der Waals surface area contributed by atoms with Crippen molar-refractivity contribution in [2.75, 3.05) is 43.1 Å². The van der Waals surface area contributed by atoms with Gasteiger partial charge in [-0.2, -0.15) is 4.31 Å². The van der Waals surface area contributed by atoms with Gasteiger partial charge < -0.3 is 10.6 Å². The van der Waals surface area contributed by atoms with Crippen LogP contribution in [0.2, 0.25) is 0 Å². The maximum atomic E-state index is 11.4. The van der Waals surface area contributed by atoms with Crippen LogP contribution in [0.4, 0.5) is 11.4 Å². The summed E-state index contributed by atoms with van der Waals surface area (Å²) in [4.78, 5) is 2.20. The largest absolute Gasteiger partial charge is 0.399 e. The molecule has 1 aliphatic rings. The summed E-state index contributed by atoms with van der Waals surface area (Å²) < 4.78 is 25.5. The molecule has 0 unspecified atom stereocenters. The van der Waals surface area contributed by atoms with Crippen molar-refractivity contribution in [1.82, 2.24) is 4.31 Å². The fourth-order valence-corrected chi connectivity index (χ4v) is 3.75. The zero-order valence-corrected chi connectivity index (χ0v) is 13.1. The summed E-state index contributed by atoms with van der Waals surface area (Å²) >= 11 is 2.26. The fourth-order valence-electron chi connectivity index (χ4n) is 2.04. The van der Waals surface area contributed by atoms with E-state index < -0.39 is 10.0 Å². The Morgan fingerprint density at radius 2 is 1.83 bits per heavy atom. The third-order valence-electron chi connectivity index (χ3n) is 3.02. The standard InChI is InChI=1S/C11H16IN3O2S/c1-18(16,17)15-6-4-14(5-7-15)11-3-2-9(13)8-10(11)12/h2-3,8H,4-7,13H2,1H3. The molecule has 0 radical (unpaired) electrons. The molecule has 1 aliphatic heterocycles. The van der Waals surface area contributed by atoms with Gasteiger partial charge in [0.25, 0.3) is 0 Å². The Morgan fingerprint density at radius 3 is 2.33 bits per heavy atom. The molecule has 1 saturated heterocycles. The second-order valence-electron chi connectivity index (χ2n) is 4.36. The molecule has 18 heavy (non-hydrogen) atoms. The Labute approximate surface area is 121 Å². The minimum Gasteiger partial charge on any atom is -0.399 e. The Balaban J connectivity index is 2.10. The number of hydrogen-bond acceptors (Lipinski definition) is 4. The summed E-state index contributed by atoms with van der Waals surface area (Å²) in [5.41, 5.74) is 7.60. The van der Waals surface area contributed by atoms with Crippen LogP contribution in [0.25, 0.3) is 0 Å². The first kappa shape index (κ1) is 13.9. The number of rotatable bonds is 2. The summed E-state index contributed by atoms with van der Waals surface area (Å²) in [6.45, 7) is 2.51. The van der Waals surface area contributed by atoms with Gasteiger partial charge in [0, 0.05) is 35.4 Å². The monoisotopic (exact) mass is 381 g/mol. The molecule has 7 heteroatoms. The van der Waals surface area contributed by atoms with Gasteiger partial charge in [-0.15, -0.1) is 0 Å². The predicted octanol–water partition coefficient (Wildman–Crippen LogP) is 0.955. The minimum atomic E-state index is -3.06. The van der Waals surface area contributed by atoms with Crippen LogP contribution in [0, 0.1) is 3.57 Å². The van der Waals surface area contributed by atoms with Crippen molar-refractivity contribution in [1.29, 1.82) is 0 Å². The van der Waals surface area contributed by atoms with Crippen molar-refractivity contribution in [2.24, 2.45) is 0 Å². The number of hydrogen-bond donors (Lipinski definition) is 1. The van der Waals surface area contributed by atoms with E-state index in [-0.39, 0.29) is 0 Å². The summed E-state index contributed by atoms with van der Waals surface area (Å²) in [5, 5.41) is 0. The van der Waals surface area contributed by atoms with Gasteiger partial charge in [-0.3, -0.25) is 0 Å². The van der Waals surface area contributed by atoms with Gasteiger partial charge in [0.2, 0.25) is 10.0 Å².